The number of rotatable bonds is 5. The van der Waals surface area contributed by atoms with E-state index in [1.165, 1.54) is 35.5 Å². The number of carbonyl (C=O) groups excluding carboxylic acids is 1. The van der Waals surface area contributed by atoms with Crippen molar-refractivity contribution >= 4 is 16.0 Å². The first-order valence-electron chi connectivity index (χ1n) is 8.61. The molecular weight excluding hydrogens is 415 g/mol. The first kappa shape index (κ1) is 21.3. The number of halogens is 3. The lowest BCUT2D eigenvalue weighted by Crippen LogP contribution is -2.40. The van der Waals surface area contributed by atoms with Gasteiger partial charge in [0.05, 0.1) is 23.7 Å². The molecule has 0 aliphatic carbocycles. The van der Waals surface area contributed by atoms with Crippen molar-refractivity contribution in [3.63, 3.8) is 0 Å². The Labute approximate surface area is 165 Å². The molecule has 2 aromatic rings. The second kappa shape index (κ2) is 8.17. The molecule has 1 aliphatic rings. The first-order chi connectivity index (χ1) is 13.6. The fourth-order valence-corrected chi connectivity index (χ4v) is 4.23. The number of aryl methyl sites for hydroxylation is 1. The van der Waals surface area contributed by atoms with Gasteiger partial charge in [0.2, 0.25) is 10.0 Å². The molecule has 1 aromatic carbocycles. The minimum atomic E-state index is -4.91. The molecule has 0 saturated carbocycles. The predicted octanol–water partition coefficient (Wildman–Crippen LogP) is 3.07. The van der Waals surface area contributed by atoms with Gasteiger partial charge in [-0.1, -0.05) is 6.07 Å². The van der Waals surface area contributed by atoms with E-state index in [4.69, 9.17) is 9.15 Å². The summed E-state index contributed by atoms with van der Waals surface area (Å²) < 4.78 is 81.3. The third-order valence-electron chi connectivity index (χ3n) is 4.22. The van der Waals surface area contributed by atoms with Crippen molar-refractivity contribution in [1.82, 2.24) is 4.31 Å². The van der Waals surface area contributed by atoms with Gasteiger partial charge in [0.1, 0.15) is 5.76 Å². The van der Waals surface area contributed by atoms with Gasteiger partial charge in [-0.3, -0.25) is 0 Å². The Morgan fingerprint density at radius 3 is 2.45 bits per heavy atom. The number of alkyl halides is 3. The number of esters is 1. The van der Waals surface area contributed by atoms with Gasteiger partial charge >= 0.3 is 12.1 Å². The molecule has 1 unspecified atom stereocenters. The molecule has 1 aromatic heterocycles. The highest BCUT2D eigenvalue weighted by molar-refractivity contribution is 7.89. The van der Waals surface area contributed by atoms with Crippen LogP contribution in [0.25, 0.3) is 0 Å². The van der Waals surface area contributed by atoms with E-state index in [0.717, 1.165) is 12.1 Å². The molecule has 0 bridgehead atoms. The third kappa shape index (κ3) is 4.80. The Kier molecular flexibility index (Phi) is 6.01. The van der Waals surface area contributed by atoms with Crippen molar-refractivity contribution < 1.29 is 40.3 Å². The van der Waals surface area contributed by atoms with Gasteiger partial charge in [-0.25, -0.2) is 13.2 Å². The molecule has 0 N–H and O–H groups in total. The van der Waals surface area contributed by atoms with E-state index in [2.05, 4.69) is 4.74 Å². The molecule has 7 nitrogen and oxygen atoms in total. The number of hydrogen-bond donors (Lipinski definition) is 0. The van der Waals surface area contributed by atoms with Crippen molar-refractivity contribution in [2.45, 2.75) is 24.1 Å². The molecule has 1 atom stereocenters. The maximum atomic E-state index is 13.4. The molecule has 0 spiro atoms. The average molecular weight is 433 g/mol. The van der Waals surface area contributed by atoms with Gasteiger partial charge in [0.25, 0.3) is 6.10 Å². The molecule has 1 saturated heterocycles. The number of carbonyl (C=O) groups is 1. The predicted molar refractivity (Wildman–Crippen MR) is 93.7 cm³/mol. The monoisotopic (exact) mass is 433 g/mol. The lowest BCUT2D eigenvalue weighted by molar-refractivity contribution is -0.212. The van der Waals surface area contributed by atoms with Crippen LogP contribution in [0.5, 0.6) is 0 Å². The Balaban J connectivity index is 1.85. The minimum absolute atomic E-state index is 0.144. The zero-order valence-corrected chi connectivity index (χ0v) is 16.1. The standard InChI is InChI=1S/C18H18F3NO6S/c1-12-5-6-15(27-12)16(18(19,20)21)28-17(23)13-3-2-4-14(11-13)29(24,25)22-7-9-26-10-8-22/h2-6,11,16H,7-10H2,1H3. The maximum Gasteiger partial charge on any atom is 0.433 e. The second-order valence-corrected chi connectivity index (χ2v) is 8.26. The van der Waals surface area contributed by atoms with Gasteiger partial charge in [0, 0.05) is 13.1 Å². The van der Waals surface area contributed by atoms with Crippen LogP contribution < -0.4 is 0 Å². The van der Waals surface area contributed by atoms with E-state index in [1.54, 1.807) is 0 Å². The smallest absolute Gasteiger partial charge is 0.433 e. The van der Waals surface area contributed by atoms with Crippen molar-refractivity contribution in [3.8, 4) is 0 Å². The highest BCUT2D eigenvalue weighted by Crippen LogP contribution is 2.37. The first-order valence-corrected chi connectivity index (χ1v) is 10.0. The van der Waals surface area contributed by atoms with Crippen LogP contribution in [0, 0.1) is 6.92 Å². The lowest BCUT2D eigenvalue weighted by Gasteiger charge is -2.26. The molecular formula is C18H18F3NO6S. The molecule has 0 radical (unpaired) electrons. The van der Waals surface area contributed by atoms with E-state index in [0.29, 0.717) is 0 Å². The van der Waals surface area contributed by atoms with Crippen LogP contribution in [-0.4, -0.2) is 51.2 Å². The van der Waals surface area contributed by atoms with E-state index < -0.39 is 34.0 Å². The number of sulfonamides is 1. The molecule has 1 aliphatic heterocycles. The zero-order chi connectivity index (χ0) is 21.2. The number of nitrogens with zero attached hydrogens (tertiary/aromatic N) is 1. The van der Waals surface area contributed by atoms with Gasteiger partial charge in [-0.15, -0.1) is 0 Å². The van der Waals surface area contributed by atoms with Gasteiger partial charge in [0.15, 0.2) is 5.76 Å². The molecule has 1 fully saturated rings. The van der Waals surface area contributed by atoms with Crippen LogP contribution in [0.2, 0.25) is 0 Å². The summed E-state index contributed by atoms with van der Waals surface area (Å²) in [5, 5.41) is 0. The zero-order valence-electron chi connectivity index (χ0n) is 15.3. The highest BCUT2D eigenvalue weighted by atomic mass is 32.2. The summed E-state index contributed by atoms with van der Waals surface area (Å²) in [7, 11) is -3.92. The van der Waals surface area contributed by atoms with Crippen LogP contribution in [0.1, 0.15) is 28.0 Å². The van der Waals surface area contributed by atoms with Crippen LogP contribution in [0.4, 0.5) is 13.2 Å². The summed E-state index contributed by atoms with van der Waals surface area (Å²) in [6, 6.07) is 7.09. The summed E-state index contributed by atoms with van der Waals surface area (Å²) >= 11 is 0. The third-order valence-corrected chi connectivity index (χ3v) is 6.11. The van der Waals surface area contributed by atoms with Crippen molar-refractivity contribution in [3.05, 3.63) is 53.5 Å². The molecule has 2 heterocycles. The second-order valence-electron chi connectivity index (χ2n) is 6.32. The molecule has 11 heteroatoms. The van der Waals surface area contributed by atoms with Gasteiger partial charge in [-0.05, 0) is 37.3 Å². The van der Waals surface area contributed by atoms with E-state index in [1.807, 2.05) is 0 Å². The van der Waals surface area contributed by atoms with Crippen LogP contribution in [-0.2, 0) is 19.5 Å². The largest absolute Gasteiger partial charge is 0.462 e. The SMILES string of the molecule is Cc1ccc(C(OC(=O)c2cccc(S(=O)(=O)N3CCOCC3)c2)C(F)(F)F)o1. The minimum Gasteiger partial charge on any atom is -0.462 e. The maximum absolute atomic E-state index is 13.4. The number of ether oxygens (including phenoxy) is 2. The summed E-state index contributed by atoms with van der Waals surface area (Å²) in [6.45, 7) is 2.21. The summed E-state index contributed by atoms with van der Waals surface area (Å²) in [6.07, 6.45) is -7.51. The van der Waals surface area contributed by atoms with Crippen LogP contribution >= 0.6 is 0 Å². The fraction of sp³-hybridized carbons (Fsp3) is 0.389. The Bertz CT molecular complexity index is 979. The lowest BCUT2D eigenvalue weighted by atomic mass is 10.2. The quantitative estimate of drug-likeness (QED) is 0.674. The highest BCUT2D eigenvalue weighted by Gasteiger charge is 2.46. The van der Waals surface area contributed by atoms with Crippen LogP contribution in [0.3, 0.4) is 0 Å². The van der Waals surface area contributed by atoms with Crippen molar-refractivity contribution in [2.75, 3.05) is 26.3 Å². The van der Waals surface area contributed by atoms with Crippen LogP contribution in [0.15, 0.2) is 45.7 Å². The van der Waals surface area contributed by atoms with E-state index in [9.17, 15) is 26.4 Å². The summed E-state index contributed by atoms with van der Waals surface area (Å²) in [5.41, 5.74) is -0.322. The summed E-state index contributed by atoms with van der Waals surface area (Å²) in [4.78, 5) is 12.1. The number of benzene rings is 1. The molecule has 3 rings (SSSR count). The number of furan rings is 1. The topological polar surface area (TPSA) is 86.1 Å². The Hall–Kier alpha value is -2.37. The molecule has 29 heavy (non-hydrogen) atoms. The van der Waals surface area contributed by atoms with E-state index in [-0.39, 0.29) is 42.5 Å². The van der Waals surface area contributed by atoms with Crippen molar-refractivity contribution in [1.29, 1.82) is 0 Å². The normalized spacial score (nSPS) is 17.1. The molecule has 0 amide bonds. The molecule has 158 valence electrons. The number of hydrogen-bond acceptors (Lipinski definition) is 6. The fourth-order valence-electron chi connectivity index (χ4n) is 2.78. The van der Waals surface area contributed by atoms with E-state index >= 15 is 0 Å². The Morgan fingerprint density at radius 1 is 1.17 bits per heavy atom. The van der Waals surface area contributed by atoms with Gasteiger partial charge in [-0.2, -0.15) is 17.5 Å². The van der Waals surface area contributed by atoms with Gasteiger partial charge < -0.3 is 13.9 Å². The van der Waals surface area contributed by atoms with Crippen molar-refractivity contribution in [2.24, 2.45) is 0 Å². The summed E-state index contributed by atoms with van der Waals surface area (Å²) in [5.74, 6) is -1.66. The average Bonchev–Trinajstić information content (AvgIpc) is 3.11. The Morgan fingerprint density at radius 2 is 1.86 bits per heavy atom. The number of morpholine rings is 1.